The molecule has 1 aromatic heterocycles. The van der Waals surface area contributed by atoms with E-state index < -0.39 is 17.4 Å². The van der Waals surface area contributed by atoms with E-state index in [1.54, 1.807) is 26.0 Å². The molecule has 0 aliphatic rings. The molecule has 0 saturated heterocycles. The molecule has 0 aliphatic carbocycles. The predicted molar refractivity (Wildman–Crippen MR) is 68.2 cm³/mol. The van der Waals surface area contributed by atoms with Crippen LogP contribution in [0.5, 0.6) is 0 Å². The molecule has 0 unspecified atom stereocenters. The van der Waals surface area contributed by atoms with E-state index in [0.29, 0.717) is 16.8 Å². The van der Waals surface area contributed by atoms with Crippen molar-refractivity contribution >= 4 is 6.29 Å². The highest BCUT2D eigenvalue weighted by Crippen LogP contribution is 2.34. The van der Waals surface area contributed by atoms with Crippen LogP contribution in [0.3, 0.4) is 0 Å². The van der Waals surface area contributed by atoms with E-state index in [0.717, 1.165) is 16.4 Å². The van der Waals surface area contributed by atoms with Gasteiger partial charge in [-0.3, -0.25) is 4.79 Å². The molecule has 0 saturated carbocycles. The van der Waals surface area contributed by atoms with Crippen molar-refractivity contribution < 1.29 is 18.0 Å². The minimum atomic E-state index is -4.64. The minimum Gasteiger partial charge on any atom is -0.298 e. The van der Waals surface area contributed by atoms with Crippen molar-refractivity contribution in [1.82, 2.24) is 9.78 Å². The average molecular weight is 282 g/mol. The van der Waals surface area contributed by atoms with Gasteiger partial charge in [0.15, 0.2) is 12.0 Å². The summed E-state index contributed by atoms with van der Waals surface area (Å²) in [5.41, 5.74) is 1.16. The third-order valence-electron chi connectivity index (χ3n) is 3.04. The van der Waals surface area contributed by atoms with Crippen LogP contribution in [0.2, 0.25) is 0 Å². The van der Waals surface area contributed by atoms with Gasteiger partial charge in [-0.15, -0.1) is 0 Å². The quantitative estimate of drug-likeness (QED) is 0.788. The number of aryl methyl sites for hydroxylation is 3. The Bertz CT molecular complexity index is 649. The highest BCUT2D eigenvalue weighted by Gasteiger charge is 2.39. The summed E-state index contributed by atoms with van der Waals surface area (Å²) in [6, 6.07) is 3.56. The lowest BCUT2D eigenvalue weighted by atomic mass is 10.0. The Balaban J connectivity index is 2.78. The van der Waals surface area contributed by atoms with Crippen molar-refractivity contribution in [2.75, 3.05) is 0 Å². The number of alkyl halides is 3. The molecular weight excluding hydrogens is 269 g/mol. The second-order valence-electron chi connectivity index (χ2n) is 4.72. The van der Waals surface area contributed by atoms with Crippen LogP contribution < -0.4 is 0 Å². The van der Waals surface area contributed by atoms with E-state index in [9.17, 15) is 18.0 Å². The summed E-state index contributed by atoms with van der Waals surface area (Å²) in [7, 11) is 0. The maximum absolute atomic E-state index is 13.1. The van der Waals surface area contributed by atoms with Crippen LogP contribution in [-0.2, 0) is 6.18 Å². The van der Waals surface area contributed by atoms with Crippen molar-refractivity contribution in [3.05, 3.63) is 46.3 Å². The number of halogens is 3. The number of hydrogen-bond donors (Lipinski definition) is 0. The summed E-state index contributed by atoms with van der Waals surface area (Å²) >= 11 is 0. The number of carbonyl (C=O) groups is 1. The lowest BCUT2D eigenvalue weighted by Crippen LogP contribution is -2.17. The second-order valence-corrected chi connectivity index (χ2v) is 4.72. The fourth-order valence-corrected chi connectivity index (χ4v) is 2.41. The van der Waals surface area contributed by atoms with E-state index in [2.05, 4.69) is 5.10 Å². The molecule has 20 heavy (non-hydrogen) atoms. The van der Waals surface area contributed by atoms with Crippen LogP contribution >= 0.6 is 0 Å². The van der Waals surface area contributed by atoms with Crippen molar-refractivity contribution in [2.24, 2.45) is 0 Å². The predicted octanol–water partition coefficient (Wildman–Crippen LogP) is 3.63. The molecule has 0 atom stereocenters. The smallest absolute Gasteiger partial charge is 0.298 e. The molecule has 6 heteroatoms. The van der Waals surface area contributed by atoms with Gasteiger partial charge in [0, 0.05) is 0 Å². The zero-order chi connectivity index (χ0) is 15.1. The third kappa shape index (κ3) is 2.33. The number of nitrogens with zero attached hydrogens (tertiary/aromatic N) is 2. The Labute approximate surface area is 114 Å². The Morgan fingerprint density at radius 1 is 1.15 bits per heavy atom. The molecule has 2 aromatic rings. The van der Waals surface area contributed by atoms with Crippen LogP contribution in [-0.4, -0.2) is 16.1 Å². The minimum absolute atomic E-state index is 0.172. The van der Waals surface area contributed by atoms with E-state index in [4.69, 9.17) is 0 Å². The monoisotopic (exact) mass is 282 g/mol. The van der Waals surface area contributed by atoms with E-state index in [1.807, 2.05) is 6.92 Å². The molecule has 0 amide bonds. The van der Waals surface area contributed by atoms with Crippen LogP contribution in [0.15, 0.2) is 18.3 Å². The highest BCUT2D eigenvalue weighted by molar-refractivity contribution is 5.77. The van der Waals surface area contributed by atoms with Crippen LogP contribution in [0, 0.1) is 20.8 Å². The first-order valence-electron chi connectivity index (χ1n) is 5.94. The first kappa shape index (κ1) is 14.3. The molecule has 1 heterocycles. The molecule has 0 radical (unpaired) electrons. The molecule has 1 aromatic carbocycles. The lowest BCUT2D eigenvalue weighted by molar-refractivity contribution is -0.143. The maximum Gasteiger partial charge on any atom is 0.434 e. The topological polar surface area (TPSA) is 34.9 Å². The first-order valence-corrected chi connectivity index (χ1v) is 5.94. The molecule has 0 N–H and O–H groups in total. The summed E-state index contributed by atoms with van der Waals surface area (Å²) in [5, 5.41) is 3.74. The Morgan fingerprint density at radius 2 is 1.70 bits per heavy atom. The van der Waals surface area contributed by atoms with Gasteiger partial charge in [0.2, 0.25) is 0 Å². The fraction of sp³-hybridized carbons (Fsp3) is 0.286. The maximum atomic E-state index is 13.1. The number of carbonyl (C=O) groups excluding carboxylic acids is 1. The SMILES string of the molecule is Cc1cc(C)c(-n2ncc(C=O)c2C(F)(F)F)c(C)c1. The summed E-state index contributed by atoms with van der Waals surface area (Å²) in [5.74, 6) is 0. The van der Waals surface area contributed by atoms with Crippen molar-refractivity contribution in [1.29, 1.82) is 0 Å². The Kier molecular flexibility index (Phi) is 3.41. The van der Waals surface area contributed by atoms with Gasteiger partial charge in [-0.05, 0) is 31.9 Å². The van der Waals surface area contributed by atoms with Crippen molar-refractivity contribution in [3.63, 3.8) is 0 Å². The summed E-state index contributed by atoms with van der Waals surface area (Å²) in [6.07, 6.45) is -3.53. The average Bonchev–Trinajstić information content (AvgIpc) is 2.70. The molecule has 0 fully saturated rings. The third-order valence-corrected chi connectivity index (χ3v) is 3.04. The standard InChI is InChI=1S/C14H13F3N2O/c1-8-4-9(2)12(10(3)5-8)19-13(14(15,16)17)11(7-20)6-18-19/h4-7H,1-3H3. The number of benzene rings is 1. The molecule has 0 spiro atoms. The van der Waals surface area contributed by atoms with E-state index >= 15 is 0 Å². The first-order chi connectivity index (χ1) is 9.25. The van der Waals surface area contributed by atoms with Gasteiger partial charge < -0.3 is 0 Å². The second kappa shape index (κ2) is 4.77. The van der Waals surface area contributed by atoms with E-state index in [-0.39, 0.29) is 6.29 Å². The van der Waals surface area contributed by atoms with Gasteiger partial charge in [0.25, 0.3) is 0 Å². The van der Waals surface area contributed by atoms with E-state index in [1.165, 1.54) is 0 Å². The molecular formula is C14H13F3N2O. The number of aromatic nitrogens is 2. The van der Waals surface area contributed by atoms with Crippen LogP contribution in [0.25, 0.3) is 5.69 Å². The van der Waals surface area contributed by atoms with Crippen molar-refractivity contribution in [3.8, 4) is 5.69 Å². The zero-order valence-corrected chi connectivity index (χ0v) is 11.2. The number of rotatable bonds is 2. The van der Waals surface area contributed by atoms with Gasteiger partial charge in [-0.25, -0.2) is 4.68 Å². The van der Waals surface area contributed by atoms with Crippen LogP contribution in [0.1, 0.15) is 32.7 Å². The Morgan fingerprint density at radius 3 is 2.15 bits per heavy atom. The largest absolute Gasteiger partial charge is 0.434 e. The van der Waals surface area contributed by atoms with Gasteiger partial charge in [-0.2, -0.15) is 18.3 Å². The van der Waals surface area contributed by atoms with Gasteiger partial charge in [0.05, 0.1) is 17.4 Å². The molecule has 3 nitrogen and oxygen atoms in total. The van der Waals surface area contributed by atoms with Crippen molar-refractivity contribution in [2.45, 2.75) is 26.9 Å². The van der Waals surface area contributed by atoms with Gasteiger partial charge in [-0.1, -0.05) is 17.7 Å². The fourth-order valence-electron chi connectivity index (χ4n) is 2.41. The molecule has 0 aliphatic heterocycles. The summed E-state index contributed by atoms with van der Waals surface area (Å²) < 4.78 is 40.2. The lowest BCUT2D eigenvalue weighted by Gasteiger charge is -2.16. The summed E-state index contributed by atoms with van der Waals surface area (Å²) in [4.78, 5) is 10.8. The number of aldehydes is 1. The normalized spacial score (nSPS) is 11.7. The van der Waals surface area contributed by atoms with Gasteiger partial charge >= 0.3 is 6.18 Å². The molecule has 0 bridgehead atoms. The van der Waals surface area contributed by atoms with Gasteiger partial charge in [0.1, 0.15) is 0 Å². The molecule has 2 rings (SSSR count). The number of hydrogen-bond acceptors (Lipinski definition) is 2. The highest BCUT2D eigenvalue weighted by atomic mass is 19.4. The molecule has 106 valence electrons. The van der Waals surface area contributed by atoms with Crippen LogP contribution in [0.4, 0.5) is 13.2 Å². The Hall–Kier alpha value is -2.11. The zero-order valence-electron chi connectivity index (χ0n) is 11.2. The summed E-state index contributed by atoms with van der Waals surface area (Å²) in [6.45, 7) is 5.31.